The number of rotatable bonds is 6. The Morgan fingerprint density at radius 2 is 1.69 bits per heavy atom. The van der Waals surface area contributed by atoms with E-state index in [2.05, 4.69) is 59.6 Å². The maximum absolute atomic E-state index is 5.83. The Kier molecular flexibility index (Phi) is 6.33. The molecule has 7 heteroatoms. The minimum atomic E-state index is -0.207. The van der Waals surface area contributed by atoms with Crippen LogP contribution in [0.2, 0.25) is 0 Å². The van der Waals surface area contributed by atoms with Crippen LogP contribution in [0.4, 0.5) is 0 Å². The molecule has 0 amide bonds. The van der Waals surface area contributed by atoms with Crippen LogP contribution in [0.1, 0.15) is 35.5 Å². The number of nitrogens with zero attached hydrogens (tertiary/aromatic N) is 3. The van der Waals surface area contributed by atoms with Crippen molar-refractivity contribution in [2.75, 3.05) is 7.11 Å². The smallest absolute Gasteiger partial charge is 0.258 e. The number of allylic oxidation sites excluding steroid dienone is 1. The molecule has 0 fully saturated rings. The number of methoxy groups -OCH3 is 1. The Bertz CT molecular complexity index is 1380. The maximum Gasteiger partial charge on any atom is 0.258 e. The van der Waals surface area contributed by atoms with E-state index in [0.29, 0.717) is 23.4 Å². The highest BCUT2D eigenvalue weighted by Gasteiger charge is 2.34. The highest BCUT2D eigenvalue weighted by Crippen LogP contribution is 2.38. The summed E-state index contributed by atoms with van der Waals surface area (Å²) in [7, 11) is 1.64. The van der Waals surface area contributed by atoms with E-state index in [-0.39, 0.29) is 6.04 Å². The fourth-order valence-corrected chi connectivity index (χ4v) is 4.61. The van der Waals surface area contributed by atoms with Crippen LogP contribution in [0, 0.1) is 6.92 Å². The van der Waals surface area contributed by atoms with Gasteiger partial charge in [-0.25, -0.2) is 0 Å². The van der Waals surface area contributed by atoms with Crippen LogP contribution in [-0.4, -0.2) is 27.3 Å². The van der Waals surface area contributed by atoms with Crippen molar-refractivity contribution in [3.05, 3.63) is 107 Å². The molecular formula is C28H26N4O2S. The van der Waals surface area contributed by atoms with Gasteiger partial charge in [-0.15, -0.1) is 0 Å². The van der Waals surface area contributed by atoms with Gasteiger partial charge in [0.25, 0.3) is 5.89 Å². The minimum absolute atomic E-state index is 0.207. The van der Waals surface area contributed by atoms with Gasteiger partial charge >= 0.3 is 0 Å². The van der Waals surface area contributed by atoms with Gasteiger partial charge in [0.2, 0.25) is 5.82 Å². The molecule has 0 saturated heterocycles. The molecule has 1 unspecified atom stereocenters. The molecule has 0 aliphatic carbocycles. The molecule has 3 aromatic carbocycles. The number of hydrogen-bond acceptors (Lipinski definition) is 5. The molecular weight excluding hydrogens is 456 g/mol. The molecule has 0 spiro atoms. The zero-order valence-corrected chi connectivity index (χ0v) is 20.7. The van der Waals surface area contributed by atoms with Crippen molar-refractivity contribution in [2.24, 2.45) is 0 Å². The summed E-state index contributed by atoms with van der Waals surface area (Å²) in [5, 5.41) is 8.47. The number of nitrogens with one attached hydrogen (secondary N) is 1. The van der Waals surface area contributed by atoms with Crippen LogP contribution < -0.4 is 10.1 Å². The summed E-state index contributed by atoms with van der Waals surface area (Å²) in [5.41, 5.74) is 6.24. The molecule has 1 N–H and O–H groups in total. The normalized spacial score (nSPS) is 15.8. The van der Waals surface area contributed by atoms with Gasteiger partial charge in [-0.2, -0.15) is 4.98 Å². The fraction of sp³-hybridized carbons (Fsp3) is 0.179. The number of aryl methyl sites for hydroxylation is 1. The van der Waals surface area contributed by atoms with Gasteiger partial charge in [0.1, 0.15) is 5.75 Å². The van der Waals surface area contributed by atoms with E-state index in [1.165, 1.54) is 11.1 Å². The first-order chi connectivity index (χ1) is 17.0. The van der Waals surface area contributed by atoms with E-state index >= 15 is 0 Å². The van der Waals surface area contributed by atoms with Crippen molar-refractivity contribution in [3.8, 4) is 17.1 Å². The molecule has 176 valence electrons. The van der Waals surface area contributed by atoms with Gasteiger partial charge in [-0.05, 0) is 67.0 Å². The Morgan fingerprint density at radius 3 is 2.40 bits per heavy atom. The van der Waals surface area contributed by atoms with Crippen molar-refractivity contribution in [1.82, 2.24) is 20.4 Å². The molecule has 35 heavy (non-hydrogen) atoms. The second-order valence-corrected chi connectivity index (χ2v) is 8.84. The monoisotopic (exact) mass is 482 g/mol. The molecule has 1 aliphatic heterocycles. The van der Waals surface area contributed by atoms with Crippen LogP contribution in [-0.2, 0) is 6.54 Å². The number of thiocarbonyl (C=S) groups is 1. The highest BCUT2D eigenvalue weighted by atomic mass is 32.1. The standard InChI is InChI=1S/C28H26N4O2S/c1-18-9-7-8-12-22(18)17-32-19(2)24(25(29-28(32)35)20-10-5-4-6-11-20)27-30-26(31-34-27)21-13-15-23(33-3)16-14-21/h4-16,25H,17H2,1-3H3,(H,29,35). The largest absolute Gasteiger partial charge is 0.497 e. The zero-order valence-electron chi connectivity index (χ0n) is 19.9. The quantitative estimate of drug-likeness (QED) is 0.343. The van der Waals surface area contributed by atoms with Crippen molar-refractivity contribution in [1.29, 1.82) is 0 Å². The molecule has 0 bridgehead atoms. The highest BCUT2D eigenvalue weighted by molar-refractivity contribution is 7.80. The topological polar surface area (TPSA) is 63.4 Å². The fourth-order valence-electron chi connectivity index (χ4n) is 4.29. The van der Waals surface area contributed by atoms with E-state index in [1.807, 2.05) is 48.5 Å². The molecule has 5 rings (SSSR count). The predicted molar refractivity (Wildman–Crippen MR) is 141 cm³/mol. The number of hydrogen-bond donors (Lipinski definition) is 1. The summed E-state index contributed by atoms with van der Waals surface area (Å²) in [6, 6.07) is 25.9. The zero-order chi connectivity index (χ0) is 24.4. The molecule has 4 aromatic rings. The SMILES string of the molecule is COc1ccc(-c2noc(C3=C(C)N(Cc4ccccc4C)C(=S)NC3c3ccccc3)n2)cc1. The van der Waals surface area contributed by atoms with E-state index < -0.39 is 0 Å². The molecule has 2 heterocycles. The van der Waals surface area contributed by atoms with Crippen molar-refractivity contribution < 1.29 is 9.26 Å². The molecule has 0 radical (unpaired) electrons. The van der Waals surface area contributed by atoms with Crippen LogP contribution in [0.15, 0.2) is 89.1 Å². The first-order valence-electron chi connectivity index (χ1n) is 11.4. The van der Waals surface area contributed by atoms with Gasteiger partial charge in [-0.3, -0.25) is 0 Å². The van der Waals surface area contributed by atoms with Gasteiger partial charge < -0.3 is 19.5 Å². The number of ether oxygens (including phenoxy) is 1. The van der Waals surface area contributed by atoms with Crippen LogP contribution in [0.3, 0.4) is 0 Å². The lowest BCUT2D eigenvalue weighted by molar-refractivity contribution is 0.396. The van der Waals surface area contributed by atoms with Crippen LogP contribution in [0.25, 0.3) is 17.0 Å². The summed E-state index contributed by atoms with van der Waals surface area (Å²) in [6.07, 6.45) is 0. The Hall–Kier alpha value is -3.97. The van der Waals surface area contributed by atoms with E-state index in [1.54, 1.807) is 7.11 Å². The summed E-state index contributed by atoms with van der Waals surface area (Å²) >= 11 is 5.83. The Morgan fingerprint density at radius 1 is 0.971 bits per heavy atom. The summed E-state index contributed by atoms with van der Waals surface area (Å²) < 4.78 is 11.1. The van der Waals surface area contributed by atoms with Gasteiger partial charge in [0, 0.05) is 11.3 Å². The Balaban J connectivity index is 1.58. The van der Waals surface area contributed by atoms with Crippen LogP contribution >= 0.6 is 12.2 Å². The number of benzene rings is 3. The second kappa shape index (κ2) is 9.72. The minimum Gasteiger partial charge on any atom is -0.497 e. The molecule has 0 saturated carbocycles. The Labute approximate surface area is 210 Å². The second-order valence-electron chi connectivity index (χ2n) is 8.46. The lowest BCUT2D eigenvalue weighted by Gasteiger charge is -2.37. The first-order valence-corrected chi connectivity index (χ1v) is 11.8. The summed E-state index contributed by atoms with van der Waals surface area (Å²) in [5.74, 6) is 1.76. The summed E-state index contributed by atoms with van der Waals surface area (Å²) in [4.78, 5) is 6.88. The first kappa shape index (κ1) is 22.8. The molecule has 1 aromatic heterocycles. The summed E-state index contributed by atoms with van der Waals surface area (Å²) in [6.45, 7) is 4.82. The predicted octanol–water partition coefficient (Wildman–Crippen LogP) is 5.92. The van der Waals surface area contributed by atoms with E-state index in [9.17, 15) is 0 Å². The third-order valence-corrected chi connectivity index (χ3v) is 6.66. The van der Waals surface area contributed by atoms with E-state index in [4.69, 9.17) is 26.5 Å². The maximum atomic E-state index is 5.83. The van der Waals surface area contributed by atoms with E-state index in [0.717, 1.165) is 28.1 Å². The molecule has 6 nitrogen and oxygen atoms in total. The average molecular weight is 483 g/mol. The third-order valence-electron chi connectivity index (χ3n) is 6.32. The lowest BCUT2D eigenvalue weighted by atomic mass is 9.94. The van der Waals surface area contributed by atoms with Crippen molar-refractivity contribution >= 4 is 22.9 Å². The van der Waals surface area contributed by atoms with Gasteiger partial charge in [-0.1, -0.05) is 59.8 Å². The van der Waals surface area contributed by atoms with Gasteiger partial charge in [0.15, 0.2) is 5.11 Å². The molecule has 1 aliphatic rings. The van der Waals surface area contributed by atoms with Crippen molar-refractivity contribution in [3.63, 3.8) is 0 Å². The number of aromatic nitrogens is 2. The van der Waals surface area contributed by atoms with Crippen molar-refractivity contribution in [2.45, 2.75) is 26.4 Å². The average Bonchev–Trinajstić information content (AvgIpc) is 3.37. The van der Waals surface area contributed by atoms with Gasteiger partial charge in [0.05, 0.1) is 25.3 Å². The molecule has 1 atom stereocenters. The third kappa shape index (κ3) is 4.55. The van der Waals surface area contributed by atoms with Crippen LogP contribution in [0.5, 0.6) is 5.75 Å². The lowest BCUT2D eigenvalue weighted by Crippen LogP contribution is -2.45.